The van der Waals surface area contributed by atoms with Gasteiger partial charge in [-0.05, 0) is 0 Å². The SMILES string of the molecule is O=C([O-])c1ccccc1C(=O)[O-].O=C([O-])c1ccccc1C(=O)[O-].O=C([O-])c1ccccc1C(=O)[O-].O=C([O-])c1ccccc1C(=O)[O-].[Co+2].[Co+2].[Co+2].[Co+2]. The van der Waals surface area contributed by atoms with Gasteiger partial charge in [0.05, 0.1) is 47.8 Å². The Morgan fingerprint density at radius 3 is 0.365 bits per heavy atom. The third kappa shape index (κ3) is 17.1. The van der Waals surface area contributed by atoms with Crippen molar-refractivity contribution in [1.29, 1.82) is 0 Å². The Labute approximate surface area is 333 Å². The first-order valence-corrected chi connectivity index (χ1v) is 12.6. The minimum Gasteiger partial charge on any atom is -0.545 e. The van der Waals surface area contributed by atoms with Crippen molar-refractivity contribution >= 4 is 47.8 Å². The molecule has 0 saturated heterocycles. The smallest absolute Gasteiger partial charge is 0.545 e. The van der Waals surface area contributed by atoms with Crippen LogP contribution < -0.4 is 40.9 Å². The fourth-order valence-corrected chi connectivity index (χ4v) is 3.36. The van der Waals surface area contributed by atoms with Crippen LogP contribution in [0.15, 0.2) is 97.1 Å². The first-order chi connectivity index (χ1) is 22.5. The number of aromatic carboxylic acids is 8. The van der Waals surface area contributed by atoms with Crippen molar-refractivity contribution in [2.24, 2.45) is 0 Å². The molecule has 0 saturated carbocycles. The molecule has 4 aromatic carbocycles. The Kier molecular flexibility index (Phi) is 27.2. The van der Waals surface area contributed by atoms with E-state index in [1.807, 2.05) is 0 Å². The third-order valence-electron chi connectivity index (χ3n) is 5.47. The summed E-state index contributed by atoms with van der Waals surface area (Å²) < 4.78 is 0. The summed E-state index contributed by atoms with van der Waals surface area (Å²) in [5.74, 6) is -12.1. The second-order valence-electron chi connectivity index (χ2n) is 8.48. The van der Waals surface area contributed by atoms with Crippen molar-refractivity contribution in [3.63, 3.8) is 0 Å². The molecular weight excluding hydrogens is 876 g/mol. The molecule has 0 heterocycles. The van der Waals surface area contributed by atoms with Gasteiger partial charge in [0.25, 0.3) is 0 Å². The molecule has 20 heteroatoms. The van der Waals surface area contributed by atoms with E-state index in [4.69, 9.17) is 0 Å². The van der Waals surface area contributed by atoms with Gasteiger partial charge in [-0.15, -0.1) is 0 Å². The van der Waals surface area contributed by atoms with Crippen molar-refractivity contribution < 1.29 is 146 Å². The van der Waals surface area contributed by atoms with Crippen molar-refractivity contribution in [2.45, 2.75) is 0 Å². The minimum atomic E-state index is -1.52. The van der Waals surface area contributed by atoms with E-state index in [-0.39, 0.29) is 112 Å². The minimum absolute atomic E-state index is 0. The Bertz CT molecular complexity index is 1480. The van der Waals surface area contributed by atoms with Gasteiger partial charge >= 0.3 is 67.1 Å². The van der Waals surface area contributed by atoms with Crippen molar-refractivity contribution in [3.8, 4) is 0 Å². The maximum absolute atomic E-state index is 10.3. The summed E-state index contributed by atoms with van der Waals surface area (Å²) in [6.07, 6.45) is 0. The summed E-state index contributed by atoms with van der Waals surface area (Å²) in [6, 6.07) is 20.5. The zero-order chi connectivity index (χ0) is 36.6. The largest absolute Gasteiger partial charge is 2.00 e. The number of benzene rings is 4. The predicted molar refractivity (Wildman–Crippen MR) is 140 cm³/mol. The van der Waals surface area contributed by atoms with Crippen molar-refractivity contribution in [3.05, 3.63) is 142 Å². The zero-order valence-corrected chi connectivity index (χ0v) is 29.3. The molecule has 0 aliphatic carbocycles. The second kappa shape index (κ2) is 26.5. The number of hydrogen-bond acceptors (Lipinski definition) is 16. The summed E-state index contributed by atoms with van der Waals surface area (Å²) in [5.41, 5.74) is -2.91. The van der Waals surface area contributed by atoms with Crippen LogP contribution in [-0.2, 0) is 67.1 Å². The fourth-order valence-electron chi connectivity index (χ4n) is 3.36. The van der Waals surface area contributed by atoms with E-state index in [0.717, 1.165) is 48.5 Å². The van der Waals surface area contributed by atoms with Crippen LogP contribution >= 0.6 is 0 Å². The second-order valence-corrected chi connectivity index (χ2v) is 8.48. The van der Waals surface area contributed by atoms with Crippen LogP contribution in [0.5, 0.6) is 0 Å². The number of carboxylic acids is 8. The molecule has 0 aromatic heterocycles. The van der Waals surface area contributed by atoms with Gasteiger partial charge in [-0.2, -0.15) is 0 Å². The van der Waals surface area contributed by atoms with E-state index in [1.165, 1.54) is 48.5 Å². The molecule has 0 unspecified atom stereocenters. The fraction of sp³-hybridized carbons (Fsp3) is 0. The molecule has 276 valence electrons. The van der Waals surface area contributed by atoms with Crippen LogP contribution in [0.25, 0.3) is 0 Å². The van der Waals surface area contributed by atoms with Crippen LogP contribution in [-0.4, -0.2) is 47.8 Å². The quantitative estimate of drug-likeness (QED) is 0.159. The molecule has 0 aliphatic heterocycles. The summed E-state index contributed by atoms with van der Waals surface area (Å²) >= 11 is 0. The summed E-state index contributed by atoms with van der Waals surface area (Å²) in [4.78, 5) is 82.6. The summed E-state index contributed by atoms with van der Waals surface area (Å²) in [6.45, 7) is 0. The molecule has 0 atom stereocenters. The van der Waals surface area contributed by atoms with Gasteiger partial charge in [0.15, 0.2) is 0 Å². The molecule has 0 spiro atoms. The predicted octanol–water partition coefficient (Wildman–Crippen LogP) is -6.36. The molecule has 4 radical (unpaired) electrons. The molecule has 4 rings (SSSR count). The average Bonchev–Trinajstić information content (AvgIpc) is 3.05. The van der Waals surface area contributed by atoms with Crippen LogP contribution in [0.3, 0.4) is 0 Å². The molecular formula is C32H16Co4O16. The third-order valence-corrected chi connectivity index (χ3v) is 5.47. The van der Waals surface area contributed by atoms with E-state index in [2.05, 4.69) is 0 Å². The van der Waals surface area contributed by atoms with Crippen LogP contribution in [0.1, 0.15) is 82.9 Å². The van der Waals surface area contributed by atoms with Gasteiger partial charge in [0.2, 0.25) is 0 Å². The monoisotopic (exact) mass is 892 g/mol. The van der Waals surface area contributed by atoms with Gasteiger partial charge in [0.1, 0.15) is 0 Å². The average molecular weight is 892 g/mol. The Hall–Kier alpha value is -5.33. The molecule has 0 bridgehead atoms. The van der Waals surface area contributed by atoms with Gasteiger partial charge in [-0.25, -0.2) is 0 Å². The van der Waals surface area contributed by atoms with E-state index >= 15 is 0 Å². The van der Waals surface area contributed by atoms with Crippen LogP contribution in [0, 0.1) is 0 Å². The van der Waals surface area contributed by atoms with E-state index < -0.39 is 47.8 Å². The first kappa shape index (κ1) is 53.5. The summed E-state index contributed by atoms with van der Waals surface area (Å²) in [5, 5.41) is 82.6. The standard InChI is InChI=1S/4C8H6O4.4Co/c4*9-7(10)5-3-1-2-4-6(5)8(11)12;;;;/h4*1-4H,(H,9,10)(H,11,12);;;;/q;;;;4*+2/p-8. The van der Waals surface area contributed by atoms with Crippen molar-refractivity contribution in [2.75, 3.05) is 0 Å². The maximum atomic E-state index is 10.3. The molecule has 16 nitrogen and oxygen atoms in total. The van der Waals surface area contributed by atoms with E-state index in [0.29, 0.717) is 0 Å². The summed E-state index contributed by atoms with van der Waals surface area (Å²) in [7, 11) is 0. The van der Waals surface area contributed by atoms with Gasteiger partial charge in [-0.3, -0.25) is 0 Å². The molecule has 52 heavy (non-hydrogen) atoms. The Morgan fingerprint density at radius 2 is 0.308 bits per heavy atom. The van der Waals surface area contributed by atoms with Crippen molar-refractivity contribution in [1.82, 2.24) is 0 Å². The molecule has 0 N–H and O–H groups in total. The molecule has 0 amide bonds. The van der Waals surface area contributed by atoms with Gasteiger partial charge in [0, 0.05) is 44.5 Å². The van der Waals surface area contributed by atoms with Crippen LogP contribution in [0.2, 0.25) is 0 Å². The zero-order valence-electron chi connectivity index (χ0n) is 25.1. The van der Waals surface area contributed by atoms with E-state index in [9.17, 15) is 79.2 Å². The number of carbonyl (C=O) groups excluding carboxylic acids is 8. The normalized spacial score (nSPS) is 8.62. The maximum Gasteiger partial charge on any atom is 2.00 e. The van der Waals surface area contributed by atoms with Gasteiger partial charge in [-0.1, -0.05) is 97.1 Å². The topological polar surface area (TPSA) is 321 Å². The molecule has 4 aromatic rings. The number of carboxylic acid groups (broad SMARTS) is 8. The number of rotatable bonds is 8. The number of hydrogen-bond donors (Lipinski definition) is 0. The molecule has 0 fully saturated rings. The Morgan fingerprint density at radius 1 is 0.231 bits per heavy atom. The van der Waals surface area contributed by atoms with Gasteiger partial charge < -0.3 is 79.2 Å². The van der Waals surface area contributed by atoms with E-state index in [1.54, 1.807) is 0 Å². The van der Waals surface area contributed by atoms with Crippen LogP contribution in [0.4, 0.5) is 0 Å². The first-order valence-electron chi connectivity index (χ1n) is 12.6. The molecule has 0 aliphatic rings. The number of carbonyl (C=O) groups is 8. The Balaban J connectivity index is -0.000000288.